The Balaban J connectivity index is 1.81. The van der Waals surface area contributed by atoms with Gasteiger partial charge in [0.2, 0.25) is 0 Å². The Labute approximate surface area is 188 Å². The molecule has 0 saturated carbocycles. The van der Waals surface area contributed by atoms with E-state index in [1.54, 1.807) is 0 Å². The first-order valence-electron chi connectivity index (χ1n) is 9.72. The number of rotatable bonds is 8. The van der Waals surface area contributed by atoms with Crippen molar-refractivity contribution in [1.29, 1.82) is 0 Å². The molecule has 1 saturated heterocycles. The summed E-state index contributed by atoms with van der Waals surface area (Å²) in [6, 6.07) is 10.6. The second-order valence-corrected chi connectivity index (χ2v) is 14.1. The first kappa shape index (κ1) is 23.7. The second-order valence-electron chi connectivity index (χ2n) is 7.81. The molecule has 166 valence electrons. The number of benzene rings is 1. The van der Waals surface area contributed by atoms with E-state index in [2.05, 4.69) is 36.5 Å². The molecule has 1 aromatic heterocycles. The van der Waals surface area contributed by atoms with E-state index >= 15 is 0 Å². The summed E-state index contributed by atoms with van der Waals surface area (Å²) < 4.78 is 51.3. The SMILES string of the molecule is CCc1ccc(C(CN[C@H]2CS(=O)(=O)C[C@@H]2S(=O)(=O)c2ccc(Cl)s2)N(C)C)cc1. The van der Waals surface area contributed by atoms with E-state index in [1.807, 2.05) is 19.0 Å². The van der Waals surface area contributed by atoms with Gasteiger partial charge in [0.25, 0.3) is 0 Å². The molecule has 0 aliphatic carbocycles. The summed E-state index contributed by atoms with van der Waals surface area (Å²) in [5, 5.41) is 2.22. The maximum Gasteiger partial charge on any atom is 0.193 e. The van der Waals surface area contributed by atoms with Gasteiger partial charge in [-0.3, -0.25) is 0 Å². The zero-order chi connectivity index (χ0) is 22.1. The van der Waals surface area contributed by atoms with E-state index in [0.717, 1.165) is 23.3 Å². The smallest absolute Gasteiger partial charge is 0.193 e. The van der Waals surface area contributed by atoms with E-state index in [-0.39, 0.29) is 21.8 Å². The van der Waals surface area contributed by atoms with Crippen LogP contribution in [0.1, 0.15) is 24.1 Å². The molecular formula is C20H27ClN2O4S3. The number of thiophene rings is 1. The molecule has 1 N–H and O–H groups in total. The number of hydrogen-bond donors (Lipinski definition) is 1. The van der Waals surface area contributed by atoms with Crippen LogP contribution in [0.3, 0.4) is 0 Å². The van der Waals surface area contributed by atoms with Crippen molar-refractivity contribution in [3.63, 3.8) is 0 Å². The van der Waals surface area contributed by atoms with Gasteiger partial charge in [-0.1, -0.05) is 42.8 Å². The number of likely N-dealkylation sites (N-methyl/N-ethyl adjacent to an activating group) is 1. The van der Waals surface area contributed by atoms with Gasteiger partial charge in [0, 0.05) is 18.6 Å². The topological polar surface area (TPSA) is 83.5 Å². The summed E-state index contributed by atoms with van der Waals surface area (Å²) in [7, 11) is -3.35. The van der Waals surface area contributed by atoms with Crippen LogP contribution in [0.5, 0.6) is 0 Å². The molecule has 2 heterocycles. The van der Waals surface area contributed by atoms with Gasteiger partial charge in [0.05, 0.1) is 21.1 Å². The molecule has 1 aliphatic heterocycles. The van der Waals surface area contributed by atoms with Crippen molar-refractivity contribution >= 4 is 42.6 Å². The van der Waals surface area contributed by atoms with E-state index in [1.165, 1.54) is 17.7 Å². The van der Waals surface area contributed by atoms with E-state index in [9.17, 15) is 16.8 Å². The summed E-state index contributed by atoms with van der Waals surface area (Å²) in [4.78, 5) is 2.04. The van der Waals surface area contributed by atoms with Crippen molar-refractivity contribution in [3.05, 3.63) is 51.9 Å². The molecule has 2 aromatic rings. The predicted molar refractivity (Wildman–Crippen MR) is 123 cm³/mol. The highest BCUT2D eigenvalue weighted by molar-refractivity contribution is 7.97. The van der Waals surface area contributed by atoms with E-state index in [4.69, 9.17) is 11.6 Å². The molecule has 0 amide bonds. The largest absolute Gasteiger partial charge is 0.310 e. The van der Waals surface area contributed by atoms with Crippen LogP contribution in [-0.4, -0.2) is 65.2 Å². The molecule has 1 aromatic carbocycles. The molecular weight excluding hydrogens is 464 g/mol. The van der Waals surface area contributed by atoms with Gasteiger partial charge < -0.3 is 10.2 Å². The molecule has 10 heteroatoms. The van der Waals surface area contributed by atoms with Crippen molar-refractivity contribution in [3.8, 4) is 0 Å². The number of halogens is 1. The molecule has 6 nitrogen and oxygen atoms in total. The number of hydrogen-bond acceptors (Lipinski definition) is 7. The van der Waals surface area contributed by atoms with E-state index in [0.29, 0.717) is 10.9 Å². The standard InChI is InChI=1S/C20H27ClN2O4S3/c1-4-14-5-7-15(8-6-14)17(23(2)3)11-22-16-12-29(24,25)13-18(16)30(26,27)20-10-9-19(21)28-20/h5-10,16-18,22H,4,11-13H2,1-3H3/t16-,17?,18-/m0/s1. The number of nitrogens with one attached hydrogen (secondary N) is 1. The van der Waals surface area contributed by atoms with Crippen LogP contribution in [0.4, 0.5) is 0 Å². The first-order chi connectivity index (χ1) is 14.0. The van der Waals surface area contributed by atoms with Crippen LogP contribution < -0.4 is 5.32 Å². The number of aryl methyl sites for hydroxylation is 1. The fourth-order valence-electron chi connectivity index (χ4n) is 3.75. The quantitative estimate of drug-likeness (QED) is 0.612. The summed E-state index contributed by atoms with van der Waals surface area (Å²) in [6.07, 6.45) is 0.956. The van der Waals surface area contributed by atoms with Crippen molar-refractivity contribution in [1.82, 2.24) is 10.2 Å². The highest BCUT2D eigenvalue weighted by atomic mass is 35.5. The summed E-state index contributed by atoms with van der Waals surface area (Å²) in [5.74, 6) is -0.564. The van der Waals surface area contributed by atoms with Crippen LogP contribution in [-0.2, 0) is 26.1 Å². The Kier molecular flexibility index (Phi) is 7.31. The van der Waals surface area contributed by atoms with Crippen molar-refractivity contribution in [2.24, 2.45) is 0 Å². The number of sulfone groups is 2. The van der Waals surface area contributed by atoms with Crippen molar-refractivity contribution in [2.75, 3.05) is 32.1 Å². The Bertz CT molecular complexity index is 1080. The fraction of sp³-hybridized carbons (Fsp3) is 0.500. The monoisotopic (exact) mass is 490 g/mol. The Morgan fingerprint density at radius 2 is 1.83 bits per heavy atom. The van der Waals surface area contributed by atoms with Crippen LogP contribution in [0.25, 0.3) is 0 Å². The summed E-state index contributed by atoms with van der Waals surface area (Å²) >= 11 is 6.87. The molecule has 0 spiro atoms. The molecule has 3 rings (SSSR count). The van der Waals surface area contributed by atoms with Gasteiger partial charge >= 0.3 is 0 Å². The lowest BCUT2D eigenvalue weighted by Gasteiger charge is -2.28. The first-order valence-corrected chi connectivity index (χ1v) is 14.3. The molecule has 3 atom stereocenters. The third kappa shape index (κ3) is 5.26. The Hall–Kier alpha value is -0.970. The fourth-order valence-corrected chi connectivity index (χ4v) is 10.2. The highest BCUT2D eigenvalue weighted by Crippen LogP contribution is 2.32. The zero-order valence-corrected chi connectivity index (χ0v) is 20.4. The molecule has 1 fully saturated rings. The minimum atomic E-state index is -3.80. The van der Waals surface area contributed by atoms with Gasteiger partial charge in [0.1, 0.15) is 4.21 Å². The third-order valence-electron chi connectivity index (χ3n) is 5.50. The number of nitrogens with zero attached hydrogens (tertiary/aromatic N) is 1. The lowest BCUT2D eigenvalue weighted by molar-refractivity contribution is 0.282. The average Bonchev–Trinajstić information content (AvgIpc) is 3.25. The maximum atomic E-state index is 13.1. The molecule has 0 bridgehead atoms. The lowest BCUT2D eigenvalue weighted by Crippen LogP contribution is -2.46. The highest BCUT2D eigenvalue weighted by Gasteiger charge is 2.46. The molecule has 1 unspecified atom stereocenters. The molecule has 0 radical (unpaired) electrons. The van der Waals surface area contributed by atoms with Crippen molar-refractivity contribution in [2.45, 2.75) is 34.9 Å². The second kappa shape index (κ2) is 9.26. The van der Waals surface area contributed by atoms with Gasteiger partial charge in [-0.2, -0.15) is 0 Å². The summed E-state index contributed by atoms with van der Waals surface area (Å²) in [5.41, 5.74) is 2.34. The van der Waals surface area contributed by atoms with Crippen LogP contribution in [0.2, 0.25) is 4.34 Å². The normalized spacial score (nSPS) is 22.4. The van der Waals surface area contributed by atoms with Crippen LogP contribution in [0, 0.1) is 0 Å². The van der Waals surface area contributed by atoms with Gasteiger partial charge in [-0.05, 0) is 43.8 Å². The van der Waals surface area contributed by atoms with Gasteiger partial charge in [0.15, 0.2) is 19.7 Å². The minimum absolute atomic E-state index is 0.0150. The summed E-state index contributed by atoms with van der Waals surface area (Å²) in [6.45, 7) is 2.54. The van der Waals surface area contributed by atoms with Crippen molar-refractivity contribution < 1.29 is 16.8 Å². The predicted octanol–water partition coefficient (Wildman–Crippen LogP) is 2.80. The Morgan fingerprint density at radius 1 is 1.17 bits per heavy atom. The van der Waals surface area contributed by atoms with Crippen LogP contribution >= 0.6 is 22.9 Å². The Morgan fingerprint density at radius 3 is 2.37 bits per heavy atom. The van der Waals surface area contributed by atoms with E-state index < -0.39 is 31.0 Å². The minimum Gasteiger partial charge on any atom is -0.310 e. The van der Waals surface area contributed by atoms with Crippen LogP contribution in [0.15, 0.2) is 40.6 Å². The molecule has 30 heavy (non-hydrogen) atoms. The zero-order valence-electron chi connectivity index (χ0n) is 17.2. The lowest BCUT2D eigenvalue weighted by atomic mass is 10.0. The third-order valence-corrected chi connectivity index (χ3v) is 11.4. The molecule has 1 aliphatic rings. The van der Waals surface area contributed by atoms with Gasteiger partial charge in [-0.25, -0.2) is 16.8 Å². The van der Waals surface area contributed by atoms with Gasteiger partial charge in [-0.15, -0.1) is 11.3 Å². The maximum absolute atomic E-state index is 13.1. The average molecular weight is 491 g/mol.